The molecule has 0 radical (unpaired) electrons. The van der Waals surface area contributed by atoms with Crippen LogP contribution in [0.5, 0.6) is 0 Å². The van der Waals surface area contributed by atoms with E-state index in [0.29, 0.717) is 22.1 Å². The number of thiazole rings is 1. The molecule has 0 aliphatic carbocycles. The molecule has 6 heteroatoms. The van der Waals surface area contributed by atoms with Gasteiger partial charge in [0.15, 0.2) is 0 Å². The first kappa shape index (κ1) is 16.5. The maximum Gasteiger partial charge on any atom is 0.135 e. The van der Waals surface area contributed by atoms with Crippen molar-refractivity contribution < 1.29 is 0 Å². The average molecular weight is 377 g/mol. The van der Waals surface area contributed by atoms with Crippen molar-refractivity contribution in [3.8, 4) is 6.07 Å². The van der Waals surface area contributed by atoms with Crippen LogP contribution in [-0.2, 0) is 6.54 Å². The fraction of sp³-hybridized carbons (Fsp3) is 0.0500. The molecule has 4 nitrogen and oxygen atoms in total. The third-order valence-corrected chi connectivity index (χ3v) is 5.34. The first-order chi connectivity index (χ1) is 12.7. The van der Waals surface area contributed by atoms with Crippen LogP contribution in [0.3, 0.4) is 0 Å². The molecular formula is C20H13ClN4S. The Hall–Kier alpha value is -2.94. The Kier molecular flexibility index (Phi) is 4.53. The monoisotopic (exact) mass is 376 g/mol. The Morgan fingerprint density at radius 1 is 1.19 bits per heavy atom. The van der Waals surface area contributed by atoms with Crippen molar-refractivity contribution in [3.63, 3.8) is 0 Å². The summed E-state index contributed by atoms with van der Waals surface area (Å²) in [6, 6.07) is 17.8. The van der Waals surface area contributed by atoms with Crippen LogP contribution >= 0.6 is 22.9 Å². The third-order valence-electron chi connectivity index (χ3n) is 3.90. The number of benzene rings is 2. The van der Waals surface area contributed by atoms with Gasteiger partial charge in [0, 0.05) is 16.8 Å². The summed E-state index contributed by atoms with van der Waals surface area (Å²) in [6.45, 7) is 0.580. The van der Waals surface area contributed by atoms with E-state index in [1.54, 1.807) is 10.9 Å². The van der Waals surface area contributed by atoms with E-state index in [1.807, 2.05) is 60.8 Å². The van der Waals surface area contributed by atoms with E-state index < -0.39 is 0 Å². The van der Waals surface area contributed by atoms with E-state index >= 15 is 0 Å². The number of nitriles is 1. The minimum Gasteiger partial charge on any atom is -0.268 e. The molecule has 0 bridgehead atoms. The molecule has 0 aliphatic rings. The molecule has 2 aromatic heterocycles. The predicted molar refractivity (Wildman–Crippen MR) is 106 cm³/mol. The van der Waals surface area contributed by atoms with Crippen molar-refractivity contribution in [3.05, 3.63) is 82.1 Å². The fourth-order valence-corrected chi connectivity index (χ4v) is 3.76. The Bertz CT molecular complexity index is 1120. The SMILES string of the molecule is N#C/C(=C\c1cnn(Cc2ccccc2Cl)c1)c1nc2ccccc2s1. The lowest BCUT2D eigenvalue weighted by Crippen LogP contribution is -2.00. The smallest absolute Gasteiger partial charge is 0.135 e. The molecule has 4 rings (SSSR count). The van der Waals surface area contributed by atoms with Crippen LogP contribution in [0, 0.1) is 11.3 Å². The topological polar surface area (TPSA) is 54.5 Å². The van der Waals surface area contributed by atoms with Gasteiger partial charge >= 0.3 is 0 Å². The predicted octanol–water partition coefficient (Wildman–Crippen LogP) is 5.26. The van der Waals surface area contributed by atoms with Gasteiger partial charge in [0.25, 0.3) is 0 Å². The van der Waals surface area contributed by atoms with Crippen LogP contribution in [0.2, 0.25) is 5.02 Å². The van der Waals surface area contributed by atoms with Crippen molar-refractivity contribution in [2.45, 2.75) is 6.54 Å². The van der Waals surface area contributed by atoms with Crippen LogP contribution in [-0.4, -0.2) is 14.8 Å². The van der Waals surface area contributed by atoms with Crippen LogP contribution in [0.15, 0.2) is 60.9 Å². The van der Waals surface area contributed by atoms with E-state index in [2.05, 4.69) is 16.2 Å². The molecule has 0 saturated heterocycles. The van der Waals surface area contributed by atoms with Gasteiger partial charge in [-0.2, -0.15) is 10.4 Å². The van der Waals surface area contributed by atoms with Gasteiger partial charge in [-0.1, -0.05) is 41.9 Å². The van der Waals surface area contributed by atoms with Crippen LogP contribution in [0.1, 0.15) is 16.1 Å². The van der Waals surface area contributed by atoms with E-state index in [0.717, 1.165) is 21.3 Å². The lowest BCUT2D eigenvalue weighted by Gasteiger charge is -2.03. The third kappa shape index (κ3) is 3.38. The number of para-hydroxylation sites is 1. The number of rotatable bonds is 4. The average Bonchev–Trinajstić information content (AvgIpc) is 3.28. The molecule has 0 spiro atoms. The van der Waals surface area contributed by atoms with Gasteiger partial charge < -0.3 is 0 Å². The summed E-state index contributed by atoms with van der Waals surface area (Å²) in [6.07, 6.45) is 5.45. The summed E-state index contributed by atoms with van der Waals surface area (Å²) in [4.78, 5) is 4.55. The number of hydrogen-bond donors (Lipinski definition) is 0. The number of allylic oxidation sites excluding steroid dienone is 1. The zero-order valence-corrected chi connectivity index (χ0v) is 15.2. The number of hydrogen-bond acceptors (Lipinski definition) is 4. The highest BCUT2D eigenvalue weighted by atomic mass is 35.5. The minimum atomic E-state index is 0.531. The lowest BCUT2D eigenvalue weighted by molar-refractivity contribution is 0.687. The van der Waals surface area contributed by atoms with Crippen molar-refractivity contribution >= 4 is 44.8 Å². The minimum absolute atomic E-state index is 0.531. The molecule has 0 atom stereocenters. The quantitative estimate of drug-likeness (QED) is 0.456. The molecule has 2 aromatic carbocycles. The van der Waals surface area contributed by atoms with Crippen LogP contribution in [0.4, 0.5) is 0 Å². The zero-order valence-electron chi connectivity index (χ0n) is 13.6. The van der Waals surface area contributed by atoms with Gasteiger partial charge in [-0.15, -0.1) is 11.3 Å². The van der Waals surface area contributed by atoms with E-state index in [4.69, 9.17) is 11.6 Å². The number of nitrogens with zero attached hydrogens (tertiary/aromatic N) is 4. The van der Waals surface area contributed by atoms with Gasteiger partial charge in [0.2, 0.25) is 0 Å². The standard InChI is InChI=1S/C20H13ClN4S/c21-17-6-2-1-5-15(17)13-25-12-14(11-23-25)9-16(10-22)20-24-18-7-3-4-8-19(18)26-20/h1-9,11-12H,13H2/b16-9+. The molecule has 26 heavy (non-hydrogen) atoms. The van der Waals surface area contributed by atoms with Crippen molar-refractivity contribution in [2.75, 3.05) is 0 Å². The molecule has 0 N–H and O–H groups in total. The second kappa shape index (κ2) is 7.12. The highest BCUT2D eigenvalue weighted by Crippen LogP contribution is 2.28. The molecule has 4 aromatic rings. The maximum atomic E-state index is 9.55. The summed E-state index contributed by atoms with van der Waals surface area (Å²) in [5.74, 6) is 0. The first-order valence-electron chi connectivity index (χ1n) is 7.96. The van der Waals surface area contributed by atoms with Gasteiger partial charge in [-0.3, -0.25) is 4.68 Å². The number of aromatic nitrogens is 3. The molecule has 126 valence electrons. The van der Waals surface area contributed by atoms with E-state index in [1.165, 1.54) is 11.3 Å². The molecule has 0 aliphatic heterocycles. The Morgan fingerprint density at radius 3 is 2.81 bits per heavy atom. The van der Waals surface area contributed by atoms with Crippen molar-refractivity contribution in [1.29, 1.82) is 5.26 Å². The van der Waals surface area contributed by atoms with Crippen LogP contribution in [0.25, 0.3) is 21.9 Å². The van der Waals surface area contributed by atoms with Gasteiger partial charge in [-0.05, 0) is 29.8 Å². The first-order valence-corrected chi connectivity index (χ1v) is 9.16. The van der Waals surface area contributed by atoms with Crippen molar-refractivity contribution in [1.82, 2.24) is 14.8 Å². The Balaban J connectivity index is 1.62. The van der Waals surface area contributed by atoms with Gasteiger partial charge in [-0.25, -0.2) is 4.98 Å². The van der Waals surface area contributed by atoms with E-state index in [9.17, 15) is 5.26 Å². The molecule has 2 heterocycles. The Labute approximate surface area is 159 Å². The highest BCUT2D eigenvalue weighted by molar-refractivity contribution is 7.19. The summed E-state index contributed by atoms with van der Waals surface area (Å²) in [7, 11) is 0. The second-order valence-corrected chi connectivity index (χ2v) is 7.16. The molecule has 0 amide bonds. The number of fused-ring (bicyclic) bond motifs is 1. The molecule has 0 unspecified atom stereocenters. The lowest BCUT2D eigenvalue weighted by atomic mass is 10.2. The molecule has 0 saturated carbocycles. The zero-order chi connectivity index (χ0) is 17.9. The summed E-state index contributed by atoms with van der Waals surface area (Å²) < 4.78 is 2.87. The largest absolute Gasteiger partial charge is 0.268 e. The van der Waals surface area contributed by atoms with E-state index in [-0.39, 0.29) is 0 Å². The number of halogens is 1. The van der Waals surface area contributed by atoms with Crippen molar-refractivity contribution in [2.24, 2.45) is 0 Å². The second-order valence-electron chi connectivity index (χ2n) is 5.72. The highest BCUT2D eigenvalue weighted by Gasteiger charge is 2.09. The van der Waals surface area contributed by atoms with Gasteiger partial charge in [0.1, 0.15) is 11.1 Å². The molecule has 0 fully saturated rings. The normalized spacial score (nSPS) is 11.6. The summed E-state index contributed by atoms with van der Waals surface area (Å²) in [5, 5.41) is 15.3. The Morgan fingerprint density at radius 2 is 2.00 bits per heavy atom. The maximum absolute atomic E-state index is 9.55. The molecular weight excluding hydrogens is 364 g/mol. The fourth-order valence-electron chi connectivity index (χ4n) is 2.64. The summed E-state index contributed by atoms with van der Waals surface area (Å²) in [5.41, 5.74) is 3.29. The van der Waals surface area contributed by atoms with Gasteiger partial charge in [0.05, 0.1) is 28.5 Å². The summed E-state index contributed by atoms with van der Waals surface area (Å²) >= 11 is 7.72. The van der Waals surface area contributed by atoms with Crippen LogP contribution < -0.4 is 0 Å².